The van der Waals surface area contributed by atoms with Gasteiger partial charge in [0, 0.05) is 0 Å². The zero-order valence-electron chi connectivity index (χ0n) is 8.68. The predicted octanol–water partition coefficient (Wildman–Crippen LogP) is 2.83. The van der Waals surface area contributed by atoms with Crippen LogP contribution in [0.5, 0.6) is 0 Å². The van der Waals surface area contributed by atoms with E-state index in [-0.39, 0.29) is 12.4 Å². The van der Waals surface area contributed by atoms with Gasteiger partial charge in [0.1, 0.15) is 0 Å². The van der Waals surface area contributed by atoms with E-state index in [2.05, 4.69) is 27.7 Å². The molecule has 0 aliphatic heterocycles. The SMILES string of the molecule is C[C@@H]1CC[C@](C)(CN)C1(C)C.Cl. The molecule has 0 spiro atoms. The van der Waals surface area contributed by atoms with Gasteiger partial charge in [-0.05, 0) is 36.1 Å². The van der Waals surface area contributed by atoms with Gasteiger partial charge >= 0.3 is 0 Å². The second-order valence-electron chi connectivity index (χ2n) is 4.93. The fourth-order valence-corrected chi connectivity index (χ4v) is 2.18. The van der Waals surface area contributed by atoms with Gasteiger partial charge in [0.15, 0.2) is 0 Å². The van der Waals surface area contributed by atoms with Crippen molar-refractivity contribution in [3.05, 3.63) is 0 Å². The maximum absolute atomic E-state index is 5.81. The summed E-state index contributed by atoms with van der Waals surface area (Å²) in [7, 11) is 0. The molecule has 1 saturated carbocycles. The number of hydrogen-bond donors (Lipinski definition) is 1. The van der Waals surface area contributed by atoms with Crippen molar-refractivity contribution in [3.63, 3.8) is 0 Å². The first kappa shape index (κ1) is 12.2. The molecule has 0 heterocycles. The quantitative estimate of drug-likeness (QED) is 0.678. The summed E-state index contributed by atoms with van der Waals surface area (Å²) in [6.45, 7) is 10.2. The summed E-state index contributed by atoms with van der Waals surface area (Å²) in [5.74, 6) is 0.830. The van der Waals surface area contributed by atoms with Crippen LogP contribution in [0.25, 0.3) is 0 Å². The van der Waals surface area contributed by atoms with Crippen molar-refractivity contribution in [2.24, 2.45) is 22.5 Å². The van der Waals surface area contributed by atoms with Gasteiger partial charge in [0.2, 0.25) is 0 Å². The zero-order valence-corrected chi connectivity index (χ0v) is 9.50. The third-order valence-electron chi connectivity index (χ3n) is 4.37. The molecule has 0 aromatic carbocycles. The molecule has 0 saturated heterocycles. The third-order valence-corrected chi connectivity index (χ3v) is 4.37. The molecule has 2 heteroatoms. The maximum atomic E-state index is 5.81. The molecule has 1 fully saturated rings. The summed E-state index contributed by atoms with van der Waals surface area (Å²) in [4.78, 5) is 0. The van der Waals surface area contributed by atoms with Crippen molar-refractivity contribution in [2.45, 2.75) is 40.5 Å². The number of rotatable bonds is 1. The standard InChI is InChI=1S/C10H21N.ClH/c1-8-5-6-10(4,7-11)9(8,2)3;/h8H,5-7,11H2,1-4H3;1H/t8-,10-;/m1./s1. The lowest BCUT2D eigenvalue weighted by Crippen LogP contribution is -2.39. The lowest BCUT2D eigenvalue weighted by Gasteiger charge is -2.40. The molecule has 74 valence electrons. The maximum Gasteiger partial charge on any atom is -0.00180 e. The molecule has 12 heavy (non-hydrogen) atoms. The Bertz CT molecular complexity index is 153. The van der Waals surface area contributed by atoms with E-state index in [1.54, 1.807) is 0 Å². The number of hydrogen-bond acceptors (Lipinski definition) is 1. The Kier molecular flexibility index (Phi) is 3.62. The Morgan fingerprint density at radius 3 is 2.00 bits per heavy atom. The van der Waals surface area contributed by atoms with Crippen molar-refractivity contribution in [1.29, 1.82) is 0 Å². The minimum absolute atomic E-state index is 0. The van der Waals surface area contributed by atoms with E-state index >= 15 is 0 Å². The minimum atomic E-state index is 0. The van der Waals surface area contributed by atoms with Gasteiger partial charge in [-0.25, -0.2) is 0 Å². The van der Waals surface area contributed by atoms with Gasteiger partial charge in [-0.3, -0.25) is 0 Å². The second-order valence-corrected chi connectivity index (χ2v) is 4.93. The van der Waals surface area contributed by atoms with E-state index in [1.165, 1.54) is 12.8 Å². The van der Waals surface area contributed by atoms with Crippen LogP contribution in [0.15, 0.2) is 0 Å². The molecule has 0 aromatic heterocycles. The fourth-order valence-electron chi connectivity index (χ4n) is 2.18. The van der Waals surface area contributed by atoms with Crippen LogP contribution in [-0.2, 0) is 0 Å². The summed E-state index contributed by atoms with van der Waals surface area (Å²) < 4.78 is 0. The first-order valence-corrected chi connectivity index (χ1v) is 4.64. The third kappa shape index (κ3) is 1.49. The van der Waals surface area contributed by atoms with Crippen LogP contribution in [0.4, 0.5) is 0 Å². The highest BCUT2D eigenvalue weighted by Crippen LogP contribution is 2.54. The van der Waals surface area contributed by atoms with Gasteiger partial charge in [-0.15, -0.1) is 12.4 Å². The van der Waals surface area contributed by atoms with Crippen LogP contribution in [0.3, 0.4) is 0 Å². The Morgan fingerprint density at radius 1 is 1.33 bits per heavy atom. The Hall–Kier alpha value is 0.250. The van der Waals surface area contributed by atoms with Crippen LogP contribution in [0.2, 0.25) is 0 Å². The summed E-state index contributed by atoms with van der Waals surface area (Å²) in [5, 5.41) is 0. The van der Waals surface area contributed by atoms with E-state index in [1.807, 2.05) is 0 Å². The highest BCUT2D eigenvalue weighted by molar-refractivity contribution is 5.85. The number of nitrogens with two attached hydrogens (primary N) is 1. The molecule has 0 radical (unpaired) electrons. The van der Waals surface area contributed by atoms with Crippen LogP contribution in [0, 0.1) is 16.7 Å². The predicted molar refractivity (Wildman–Crippen MR) is 56.6 cm³/mol. The molecule has 2 atom stereocenters. The molecular weight excluding hydrogens is 170 g/mol. The summed E-state index contributed by atoms with van der Waals surface area (Å²) >= 11 is 0. The second kappa shape index (κ2) is 3.55. The van der Waals surface area contributed by atoms with Crippen LogP contribution < -0.4 is 5.73 Å². The highest BCUT2D eigenvalue weighted by atomic mass is 35.5. The number of halogens is 1. The van der Waals surface area contributed by atoms with Gasteiger partial charge in [0.05, 0.1) is 0 Å². The molecule has 2 N–H and O–H groups in total. The van der Waals surface area contributed by atoms with E-state index in [0.29, 0.717) is 10.8 Å². The molecule has 1 aliphatic rings. The molecular formula is C10H22ClN. The van der Waals surface area contributed by atoms with E-state index < -0.39 is 0 Å². The minimum Gasteiger partial charge on any atom is -0.330 e. The van der Waals surface area contributed by atoms with Crippen molar-refractivity contribution in [2.75, 3.05) is 6.54 Å². The topological polar surface area (TPSA) is 26.0 Å². The van der Waals surface area contributed by atoms with Crippen molar-refractivity contribution in [3.8, 4) is 0 Å². The normalized spacial score (nSPS) is 39.2. The van der Waals surface area contributed by atoms with Crippen molar-refractivity contribution >= 4 is 12.4 Å². The largest absolute Gasteiger partial charge is 0.330 e. The van der Waals surface area contributed by atoms with Gasteiger partial charge in [-0.1, -0.05) is 27.7 Å². The molecule has 0 amide bonds. The Balaban J connectivity index is 0.00000121. The van der Waals surface area contributed by atoms with Gasteiger partial charge in [0.25, 0.3) is 0 Å². The summed E-state index contributed by atoms with van der Waals surface area (Å²) in [6.07, 6.45) is 2.65. The summed E-state index contributed by atoms with van der Waals surface area (Å²) in [5.41, 5.74) is 6.62. The van der Waals surface area contributed by atoms with Crippen molar-refractivity contribution in [1.82, 2.24) is 0 Å². The highest BCUT2D eigenvalue weighted by Gasteiger charge is 2.48. The molecule has 1 nitrogen and oxygen atoms in total. The van der Waals surface area contributed by atoms with E-state index in [0.717, 1.165) is 12.5 Å². The summed E-state index contributed by atoms with van der Waals surface area (Å²) in [6, 6.07) is 0. The Morgan fingerprint density at radius 2 is 1.83 bits per heavy atom. The molecule has 1 aliphatic carbocycles. The van der Waals surface area contributed by atoms with E-state index in [4.69, 9.17) is 5.73 Å². The molecule has 0 bridgehead atoms. The van der Waals surface area contributed by atoms with Crippen LogP contribution >= 0.6 is 12.4 Å². The fraction of sp³-hybridized carbons (Fsp3) is 1.00. The Labute approximate surface area is 82.5 Å². The van der Waals surface area contributed by atoms with Crippen molar-refractivity contribution < 1.29 is 0 Å². The van der Waals surface area contributed by atoms with Crippen LogP contribution in [0.1, 0.15) is 40.5 Å². The van der Waals surface area contributed by atoms with Crippen LogP contribution in [-0.4, -0.2) is 6.54 Å². The first-order valence-electron chi connectivity index (χ1n) is 4.64. The molecule has 0 aromatic rings. The lowest BCUT2D eigenvalue weighted by molar-refractivity contribution is 0.105. The lowest BCUT2D eigenvalue weighted by atomic mass is 9.66. The molecule has 0 unspecified atom stereocenters. The average Bonchev–Trinajstić information content (AvgIpc) is 2.15. The zero-order chi connectivity index (χ0) is 8.70. The average molecular weight is 192 g/mol. The van der Waals surface area contributed by atoms with Gasteiger partial charge < -0.3 is 5.73 Å². The molecule has 1 rings (SSSR count). The van der Waals surface area contributed by atoms with E-state index in [9.17, 15) is 0 Å². The van der Waals surface area contributed by atoms with Gasteiger partial charge in [-0.2, -0.15) is 0 Å². The first-order chi connectivity index (χ1) is 4.94. The monoisotopic (exact) mass is 191 g/mol. The smallest absolute Gasteiger partial charge is 0.00180 e.